The van der Waals surface area contributed by atoms with Gasteiger partial charge in [-0.3, -0.25) is 9.59 Å². The number of carbonyl (C=O) groups excluding carboxylic acids is 2. The molecule has 3 unspecified atom stereocenters. The van der Waals surface area contributed by atoms with Crippen molar-refractivity contribution in [3.05, 3.63) is 53.6 Å². The van der Waals surface area contributed by atoms with Gasteiger partial charge >= 0.3 is 0 Å². The van der Waals surface area contributed by atoms with Gasteiger partial charge < -0.3 is 30.5 Å². The normalized spacial score (nSPS) is 23.1. The maximum Gasteiger partial charge on any atom is 0.255 e. The first-order valence-corrected chi connectivity index (χ1v) is 12.9. The largest absolute Gasteiger partial charge is 0.377 e. The third kappa shape index (κ3) is 4.90. The quantitative estimate of drug-likeness (QED) is 0.495. The fourth-order valence-electron chi connectivity index (χ4n) is 5.35. The molecule has 0 aliphatic carbocycles. The summed E-state index contributed by atoms with van der Waals surface area (Å²) >= 11 is 0. The fraction of sp³-hybridized carbons (Fsp3) is 0.444. The summed E-state index contributed by atoms with van der Waals surface area (Å²) in [5.74, 6) is -1.56. The second kappa shape index (κ2) is 10.6. The van der Waals surface area contributed by atoms with E-state index < -0.39 is 17.5 Å². The number of aromatic nitrogens is 1. The van der Waals surface area contributed by atoms with Crippen molar-refractivity contribution < 1.29 is 23.1 Å². The number of anilines is 4. The van der Waals surface area contributed by atoms with Crippen molar-refractivity contribution in [2.24, 2.45) is 0 Å². The van der Waals surface area contributed by atoms with Gasteiger partial charge in [0.05, 0.1) is 24.5 Å². The van der Waals surface area contributed by atoms with Crippen molar-refractivity contribution in [3.8, 4) is 0 Å². The lowest BCUT2D eigenvalue weighted by Crippen LogP contribution is -2.49. The van der Waals surface area contributed by atoms with Gasteiger partial charge in [-0.1, -0.05) is 6.58 Å². The highest BCUT2D eigenvalue weighted by Crippen LogP contribution is 2.34. The second-order valence-electron chi connectivity index (χ2n) is 10.0. The Morgan fingerprint density at radius 3 is 2.79 bits per heavy atom. The number of pyridine rings is 1. The van der Waals surface area contributed by atoms with E-state index in [0.29, 0.717) is 44.1 Å². The number of morpholine rings is 1. The number of piperidine rings is 1. The fourth-order valence-corrected chi connectivity index (χ4v) is 5.35. The van der Waals surface area contributed by atoms with Gasteiger partial charge in [-0.15, -0.1) is 0 Å². The van der Waals surface area contributed by atoms with Gasteiger partial charge in [0, 0.05) is 49.0 Å². The number of rotatable bonds is 6. The monoisotopic (exact) mass is 526 g/mol. The number of hydrogen-bond acceptors (Lipinski definition) is 7. The van der Waals surface area contributed by atoms with Crippen LogP contribution in [0.15, 0.2) is 30.9 Å². The molecule has 0 spiro atoms. The van der Waals surface area contributed by atoms with Crippen LogP contribution in [0.5, 0.6) is 0 Å². The van der Waals surface area contributed by atoms with E-state index in [0.717, 1.165) is 6.42 Å². The first-order valence-electron chi connectivity index (χ1n) is 12.9. The average molecular weight is 527 g/mol. The molecule has 9 nitrogen and oxygen atoms in total. The zero-order valence-corrected chi connectivity index (χ0v) is 21.5. The standard InChI is InChI=1S/C27H32F2N6O3/c1-4-22(36)35-13-18(6-5-15(35)2)32-26-24(29)19-12-30-27(37)23(19)25(33-26)31-17-7-8-21(20(28)11-17)34-9-10-38-14-16(34)3/h4,7-8,11,15-16,18H,1,5-6,9-10,12-14H2,2-3H3,(H,30,37)(H2,31,32,33). The van der Waals surface area contributed by atoms with Gasteiger partial charge in [0.15, 0.2) is 11.6 Å². The molecule has 38 heavy (non-hydrogen) atoms. The minimum absolute atomic E-state index is 0.0208. The summed E-state index contributed by atoms with van der Waals surface area (Å²) < 4.78 is 36.1. The molecule has 4 heterocycles. The Morgan fingerprint density at radius 1 is 1.24 bits per heavy atom. The number of hydrogen-bond donors (Lipinski definition) is 3. The van der Waals surface area contributed by atoms with Crippen molar-refractivity contribution >= 4 is 34.8 Å². The molecular weight excluding hydrogens is 494 g/mol. The second-order valence-corrected chi connectivity index (χ2v) is 10.0. The number of ether oxygens (including phenoxy) is 1. The average Bonchev–Trinajstić information content (AvgIpc) is 3.30. The van der Waals surface area contributed by atoms with E-state index in [4.69, 9.17) is 4.74 Å². The van der Waals surface area contributed by atoms with Crippen LogP contribution in [0.2, 0.25) is 0 Å². The highest BCUT2D eigenvalue weighted by molar-refractivity contribution is 6.03. The number of benzene rings is 1. The van der Waals surface area contributed by atoms with Crippen molar-refractivity contribution in [1.29, 1.82) is 0 Å². The number of nitrogens with zero attached hydrogens (tertiary/aromatic N) is 3. The van der Waals surface area contributed by atoms with Crippen molar-refractivity contribution in [1.82, 2.24) is 15.2 Å². The molecule has 2 fully saturated rings. The third-order valence-electron chi connectivity index (χ3n) is 7.46. The molecule has 1 aromatic heterocycles. The smallest absolute Gasteiger partial charge is 0.255 e. The predicted molar refractivity (Wildman–Crippen MR) is 141 cm³/mol. The molecule has 1 aromatic carbocycles. The molecule has 2 aromatic rings. The zero-order chi connectivity index (χ0) is 27.0. The van der Waals surface area contributed by atoms with E-state index in [2.05, 4.69) is 27.5 Å². The van der Waals surface area contributed by atoms with Crippen LogP contribution in [0.25, 0.3) is 0 Å². The molecule has 3 aliphatic rings. The highest BCUT2D eigenvalue weighted by atomic mass is 19.1. The van der Waals surface area contributed by atoms with E-state index in [1.54, 1.807) is 17.0 Å². The molecule has 2 amide bonds. The Morgan fingerprint density at radius 2 is 2.05 bits per heavy atom. The summed E-state index contributed by atoms with van der Waals surface area (Å²) in [5.41, 5.74) is 1.14. The van der Waals surface area contributed by atoms with Gasteiger partial charge in [0.25, 0.3) is 5.91 Å². The summed E-state index contributed by atoms with van der Waals surface area (Å²) in [4.78, 5) is 32.9. The number of amides is 2. The lowest BCUT2D eigenvalue weighted by atomic mass is 9.99. The predicted octanol–water partition coefficient (Wildman–Crippen LogP) is 3.55. The molecule has 5 rings (SSSR count). The Hall–Kier alpha value is -3.73. The summed E-state index contributed by atoms with van der Waals surface area (Å²) in [7, 11) is 0. The molecule has 3 aliphatic heterocycles. The zero-order valence-electron chi connectivity index (χ0n) is 21.5. The number of fused-ring (bicyclic) bond motifs is 1. The minimum atomic E-state index is -0.619. The van der Waals surface area contributed by atoms with E-state index in [1.165, 1.54) is 12.1 Å². The van der Waals surface area contributed by atoms with Gasteiger partial charge in [-0.2, -0.15) is 0 Å². The first-order chi connectivity index (χ1) is 18.3. The lowest BCUT2D eigenvalue weighted by molar-refractivity contribution is -0.129. The van der Waals surface area contributed by atoms with Crippen LogP contribution in [0.1, 0.15) is 42.6 Å². The Bertz CT molecular complexity index is 1270. The number of carbonyl (C=O) groups is 2. The van der Waals surface area contributed by atoms with Crippen LogP contribution in [-0.2, 0) is 16.1 Å². The van der Waals surface area contributed by atoms with E-state index in [1.807, 2.05) is 18.7 Å². The van der Waals surface area contributed by atoms with E-state index in [9.17, 15) is 9.59 Å². The number of halogens is 2. The lowest BCUT2D eigenvalue weighted by Gasteiger charge is -2.38. The molecule has 2 saturated heterocycles. The van der Waals surface area contributed by atoms with Gasteiger partial charge in [0.2, 0.25) is 5.91 Å². The van der Waals surface area contributed by atoms with Crippen LogP contribution in [0.4, 0.5) is 31.8 Å². The molecule has 3 atom stereocenters. The summed E-state index contributed by atoms with van der Waals surface area (Å²) in [6.07, 6.45) is 2.73. The highest BCUT2D eigenvalue weighted by Gasteiger charge is 2.33. The van der Waals surface area contributed by atoms with Crippen LogP contribution in [-0.4, -0.2) is 66.1 Å². The molecule has 11 heteroatoms. The van der Waals surface area contributed by atoms with Crippen LogP contribution in [0.3, 0.4) is 0 Å². The summed E-state index contributed by atoms with van der Waals surface area (Å²) in [6.45, 7) is 9.54. The van der Waals surface area contributed by atoms with E-state index >= 15 is 8.78 Å². The van der Waals surface area contributed by atoms with Crippen LogP contribution < -0.4 is 20.9 Å². The molecule has 0 bridgehead atoms. The third-order valence-corrected chi connectivity index (χ3v) is 7.46. The Kier molecular flexibility index (Phi) is 7.20. The molecule has 0 saturated carbocycles. The maximum absolute atomic E-state index is 15.5. The van der Waals surface area contributed by atoms with Crippen molar-refractivity contribution in [2.75, 3.05) is 41.8 Å². The van der Waals surface area contributed by atoms with Gasteiger partial charge in [-0.05, 0) is 51.0 Å². The maximum atomic E-state index is 15.5. The number of likely N-dealkylation sites (tertiary alicyclic amines) is 1. The van der Waals surface area contributed by atoms with Crippen LogP contribution in [0, 0.1) is 11.6 Å². The first kappa shape index (κ1) is 25.9. The Balaban J connectivity index is 1.41. The van der Waals surface area contributed by atoms with Gasteiger partial charge in [-0.25, -0.2) is 13.8 Å². The topological polar surface area (TPSA) is 98.8 Å². The Labute approximate surface area is 220 Å². The SMILES string of the molecule is C=CC(=O)N1CC(Nc2nc(Nc3ccc(N4CCOCC4C)c(F)c3)c3c(c2F)CNC3=O)CCC1C. The summed E-state index contributed by atoms with van der Waals surface area (Å²) in [6, 6.07) is 4.58. The molecule has 3 N–H and O–H groups in total. The minimum Gasteiger partial charge on any atom is -0.377 e. The number of nitrogens with one attached hydrogen (secondary N) is 3. The molecule has 202 valence electrons. The van der Waals surface area contributed by atoms with Crippen LogP contribution >= 0.6 is 0 Å². The van der Waals surface area contributed by atoms with Gasteiger partial charge in [0.1, 0.15) is 11.6 Å². The van der Waals surface area contributed by atoms with E-state index in [-0.39, 0.29) is 53.3 Å². The van der Waals surface area contributed by atoms with Crippen molar-refractivity contribution in [3.63, 3.8) is 0 Å². The summed E-state index contributed by atoms with van der Waals surface area (Å²) in [5, 5.41) is 8.80. The van der Waals surface area contributed by atoms with Crippen molar-refractivity contribution in [2.45, 2.75) is 51.4 Å². The molecule has 0 radical (unpaired) electrons. The molecular formula is C27H32F2N6O3.